The Kier molecular flexibility index (Phi) is 3.82. The van der Waals surface area contributed by atoms with E-state index < -0.39 is 0 Å². The first-order chi connectivity index (χ1) is 12.2. The van der Waals surface area contributed by atoms with Crippen molar-refractivity contribution in [1.29, 1.82) is 0 Å². The predicted octanol–water partition coefficient (Wildman–Crippen LogP) is 4.60. The summed E-state index contributed by atoms with van der Waals surface area (Å²) in [5.41, 5.74) is 4.70. The van der Waals surface area contributed by atoms with Gasteiger partial charge in [0.15, 0.2) is 0 Å². The van der Waals surface area contributed by atoms with Crippen LogP contribution >= 0.6 is 0 Å². The zero-order chi connectivity index (χ0) is 17.2. The van der Waals surface area contributed by atoms with Crippen molar-refractivity contribution >= 4 is 0 Å². The van der Waals surface area contributed by atoms with E-state index in [4.69, 9.17) is 0 Å². The number of rotatable bonds is 3. The van der Waals surface area contributed by atoms with Gasteiger partial charge < -0.3 is 0 Å². The molecule has 0 N–H and O–H groups in total. The summed E-state index contributed by atoms with van der Waals surface area (Å²) in [5.74, 6) is 0. The monoisotopic (exact) mass is 326 g/mol. The van der Waals surface area contributed by atoms with E-state index in [0.717, 1.165) is 22.6 Å². The molecule has 0 radical (unpaired) electrons. The van der Waals surface area contributed by atoms with Crippen LogP contribution in [0.3, 0.4) is 0 Å². The zero-order valence-corrected chi connectivity index (χ0v) is 14.0. The summed E-state index contributed by atoms with van der Waals surface area (Å²) in [4.78, 5) is 13.2. The number of hydrogen-bond acceptors (Lipinski definition) is 1. The quantitative estimate of drug-likeness (QED) is 0.540. The third-order valence-electron chi connectivity index (χ3n) is 4.29. The number of hydrogen-bond donors (Lipinski definition) is 0. The normalized spacial score (nSPS) is 10.8. The second kappa shape index (κ2) is 6.29. The second-order valence-corrected chi connectivity index (χ2v) is 6.04. The number of benzene rings is 3. The fraction of sp³-hybridized carbons (Fsp3) is 0.0455. The molecular formula is C22H18N2O. The number of aromatic nitrogens is 2. The van der Waals surface area contributed by atoms with Crippen molar-refractivity contribution in [3.8, 4) is 22.6 Å². The summed E-state index contributed by atoms with van der Waals surface area (Å²) in [6, 6.07) is 27.7. The van der Waals surface area contributed by atoms with Crippen LogP contribution in [-0.4, -0.2) is 9.13 Å². The molecule has 3 aromatic carbocycles. The Balaban J connectivity index is 1.98. The number of nitrogens with zero attached hydrogens (tertiary/aromatic N) is 2. The molecule has 0 saturated carbocycles. The maximum atomic E-state index is 13.2. The molecule has 0 unspecified atom stereocenters. The Morgan fingerprint density at radius 1 is 0.680 bits per heavy atom. The molecule has 4 rings (SSSR count). The van der Waals surface area contributed by atoms with Crippen LogP contribution in [0, 0.1) is 6.92 Å². The van der Waals surface area contributed by atoms with Gasteiger partial charge >= 0.3 is 5.69 Å². The van der Waals surface area contributed by atoms with Crippen LogP contribution in [0.2, 0.25) is 0 Å². The average molecular weight is 326 g/mol. The largest absolute Gasteiger partial charge is 0.337 e. The van der Waals surface area contributed by atoms with Gasteiger partial charge in [-0.3, -0.25) is 9.13 Å². The van der Waals surface area contributed by atoms with E-state index in [2.05, 4.69) is 0 Å². The summed E-state index contributed by atoms with van der Waals surface area (Å²) in [7, 11) is 0. The van der Waals surface area contributed by atoms with Crippen molar-refractivity contribution in [2.45, 2.75) is 6.92 Å². The van der Waals surface area contributed by atoms with Gasteiger partial charge in [-0.15, -0.1) is 0 Å². The molecule has 3 nitrogen and oxygen atoms in total. The van der Waals surface area contributed by atoms with Gasteiger partial charge in [-0.2, -0.15) is 0 Å². The molecular weight excluding hydrogens is 308 g/mol. The summed E-state index contributed by atoms with van der Waals surface area (Å²) >= 11 is 0. The molecule has 0 bridgehead atoms. The molecule has 0 amide bonds. The highest BCUT2D eigenvalue weighted by Crippen LogP contribution is 2.23. The Morgan fingerprint density at radius 3 is 1.92 bits per heavy atom. The fourth-order valence-electron chi connectivity index (χ4n) is 2.98. The van der Waals surface area contributed by atoms with Gasteiger partial charge in [-0.1, -0.05) is 66.2 Å². The number of imidazole rings is 1. The minimum absolute atomic E-state index is 0.0751. The summed E-state index contributed by atoms with van der Waals surface area (Å²) in [5, 5.41) is 0. The van der Waals surface area contributed by atoms with E-state index in [9.17, 15) is 4.79 Å². The highest BCUT2D eigenvalue weighted by molar-refractivity contribution is 5.62. The highest BCUT2D eigenvalue weighted by atomic mass is 16.1. The maximum Gasteiger partial charge on any atom is 0.337 e. The van der Waals surface area contributed by atoms with Crippen LogP contribution in [0.15, 0.2) is 95.9 Å². The molecule has 0 saturated heterocycles. The highest BCUT2D eigenvalue weighted by Gasteiger charge is 2.15. The van der Waals surface area contributed by atoms with Crippen molar-refractivity contribution in [3.63, 3.8) is 0 Å². The lowest BCUT2D eigenvalue weighted by Crippen LogP contribution is -2.22. The van der Waals surface area contributed by atoms with Crippen molar-refractivity contribution in [2.24, 2.45) is 0 Å². The molecule has 0 spiro atoms. The number of para-hydroxylation sites is 1. The molecule has 25 heavy (non-hydrogen) atoms. The van der Waals surface area contributed by atoms with Gasteiger partial charge in [0.1, 0.15) is 0 Å². The van der Waals surface area contributed by atoms with E-state index in [0.29, 0.717) is 0 Å². The van der Waals surface area contributed by atoms with Crippen molar-refractivity contribution < 1.29 is 0 Å². The van der Waals surface area contributed by atoms with Crippen LogP contribution in [-0.2, 0) is 0 Å². The van der Waals surface area contributed by atoms with Crippen LogP contribution in [0.5, 0.6) is 0 Å². The molecule has 0 aliphatic rings. The molecule has 3 heteroatoms. The van der Waals surface area contributed by atoms with Crippen molar-refractivity contribution in [3.05, 3.63) is 107 Å². The number of aryl methyl sites for hydroxylation is 1. The Hall–Kier alpha value is -3.33. The first kappa shape index (κ1) is 15.2. The summed E-state index contributed by atoms with van der Waals surface area (Å²) < 4.78 is 3.46. The van der Waals surface area contributed by atoms with Crippen molar-refractivity contribution in [2.75, 3.05) is 0 Å². The maximum absolute atomic E-state index is 13.2. The fourth-order valence-corrected chi connectivity index (χ4v) is 2.98. The van der Waals surface area contributed by atoms with Gasteiger partial charge in [0.05, 0.1) is 17.1 Å². The van der Waals surface area contributed by atoms with Crippen LogP contribution < -0.4 is 5.69 Å². The molecule has 0 aliphatic heterocycles. The zero-order valence-electron chi connectivity index (χ0n) is 14.0. The van der Waals surface area contributed by atoms with E-state index in [1.807, 2.05) is 98.0 Å². The Bertz CT molecular complexity index is 1040. The first-order valence-corrected chi connectivity index (χ1v) is 8.26. The topological polar surface area (TPSA) is 26.9 Å². The average Bonchev–Trinajstić information content (AvgIpc) is 3.01. The lowest BCUT2D eigenvalue weighted by atomic mass is 10.1. The molecule has 0 fully saturated rings. The van der Waals surface area contributed by atoms with Crippen LogP contribution in [0.25, 0.3) is 22.6 Å². The Labute approximate surface area is 146 Å². The van der Waals surface area contributed by atoms with Gasteiger partial charge in [0, 0.05) is 11.8 Å². The smallest absolute Gasteiger partial charge is 0.267 e. The van der Waals surface area contributed by atoms with Crippen molar-refractivity contribution in [1.82, 2.24) is 9.13 Å². The van der Waals surface area contributed by atoms with E-state index in [-0.39, 0.29) is 5.69 Å². The van der Waals surface area contributed by atoms with Gasteiger partial charge in [-0.25, -0.2) is 4.79 Å². The molecule has 1 heterocycles. The standard InChI is InChI=1S/C22H18N2O/c1-17-12-14-19(15-13-17)23-16-21(18-8-4-2-5-9-18)24(22(23)25)20-10-6-3-7-11-20/h2-16H,1H3. The van der Waals surface area contributed by atoms with E-state index in [1.54, 1.807) is 9.13 Å². The summed E-state index contributed by atoms with van der Waals surface area (Å²) in [6.07, 6.45) is 1.91. The van der Waals surface area contributed by atoms with Crippen LogP contribution in [0.4, 0.5) is 0 Å². The SMILES string of the molecule is Cc1ccc(-n2cc(-c3ccccc3)n(-c3ccccc3)c2=O)cc1. The van der Waals surface area contributed by atoms with Crippen LogP contribution in [0.1, 0.15) is 5.56 Å². The molecule has 0 atom stereocenters. The third-order valence-corrected chi connectivity index (χ3v) is 4.29. The lowest BCUT2D eigenvalue weighted by molar-refractivity contribution is 0.911. The summed E-state index contributed by atoms with van der Waals surface area (Å²) in [6.45, 7) is 2.04. The van der Waals surface area contributed by atoms with E-state index >= 15 is 0 Å². The second-order valence-electron chi connectivity index (χ2n) is 6.04. The molecule has 0 aliphatic carbocycles. The van der Waals surface area contributed by atoms with Gasteiger partial charge in [0.2, 0.25) is 0 Å². The predicted molar refractivity (Wildman–Crippen MR) is 102 cm³/mol. The van der Waals surface area contributed by atoms with E-state index in [1.165, 1.54) is 5.56 Å². The van der Waals surface area contributed by atoms with Gasteiger partial charge in [0.25, 0.3) is 0 Å². The molecule has 1 aromatic heterocycles. The third kappa shape index (κ3) is 2.81. The molecule has 4 aromatic rings. The minimum Gasteiger partial charge on any atom is -0.267 e. The first-order valence-electron chi connectivity index (χ1n) is 8.26. The van der Waals surface area contributed by atoms with Gasteiger partial charge in [-0.05, 0) is 31.2 Å². The molecule has 122 valence electrons. The lowest BCUT2D eigenvalue weighted by Gasteiger charge is -2.06. The Morgan fingerprint density at radius 2 is 1.28 bits per heavy atom. The minimum atomic E-state index is -0.0751.